The Hall–Kier alpha value is -4.64. The lowest BCUT2D eigenvalue weighted by molar-refractivity contribution is -0.136. The van der Waals surface area contributed by atoms with Crippen LogP contribution in [-0.2, 0) is 4.79 Å². The molecule has 1 heterocycles. The molecule has 0 fully saturated rings. The second-order valence-electron chi connectivity index (χ2n) is 8.82. The van der Waals surface area contributed by atoms with Crippen LogP contribution < -0.4 is 29.4 Å². The number of carbonyl (C=O) groups is 1. The van der Waals surface area contributed by atoms with Crippen LogP contribution in [0.2, 0.25) is 0 Å². The van der Waals surface area contributed by atoms with Crippen molar-refractivity contribution >= 4 is 5.97 Å². The van der Waals surface area contributed by atoms with Crippen LogP contribution in [0.15, 0.2) is 72.1 Å². The minimum atomic E-state index is -0.566. The highest BCUT2D eigenvalue weighted by molar-refractivity contribution is 5.74. The third-order valence-electron chi connectivity index (χ3n) is 6.04. The van der Waals surface area contributed by atoms with Gasteiger partial charge in [-0.15, -0.1) is 0 Å². The summed E-state index contributed by atoms with van der Waals surface area (Å²) in [5, 5.41) is 9.88. The first-order valence-electron chi connectivity index (χ1n) is 12.4. The third kappa shape index (κ3) is 6.01. The molecule has 3 aromatic rings. The second-order valence-corrected chi connectivity index (χ2v) is 8.82. The summed E-state index contributed by atoms with van der Waals surface area (Å²) in [5.74, 6) is 1.34. The molecule has 0 radical (unpaired) electrons. The number of unbranched alkanes of at least 4 members (excludes halogenated alkanes) is 1. The molecule has 2 N–H and O–H groups in total. The molecule has 0 spiro atoms. The van der Waals surface area contributed by atoms with Gasteiger partial charge in [-0.3, -0.25) is 0 Å². The normalized spacial score (nSPS) is 14.1. The lowest BCUT2D eigenvalue weighted by atomic mass is 9.83. The van der Waals surface area contributed by atoms with E-state index in [0.717, 1.165) is 24.0 Å². The topological polar surface area (TPSA) is 113 Å². The number of benzene rings is 3. The Morgan fingerprint density at radius 3 is 2.63 bits per heavy atom. The van der Waals surface area contributed by atoms with Crippen LogP contribution in [0.3, 0.4) is 0 Å². The zero-order chi connectivity index (χ0) is 27.1. The quantitative estimate of drug-likeness (QED) is 0.218. The molecule has 0 aromatic heterocycles. The maximum Gasteiger partial charge on any atom is 0.349 e. The van der Waals surface area contributed by atoms with Crippen LogP contribution in [0, 0.1) is 18.3 Å². The van der Waals surface area contributed by atoms with Gasteiger partial charge in [0, 0.05) is 11.6 Å². The van der Waals surface area contributed by atoms with E-state index in [1.54, 1.807) is 31.4 Å². The molecule has 1 atom stereocenters. The summed E-state index contributed by atoms with van der Waals surface area (Å²) in [6.45, 7) is 4.37. The number of nitrogens with zero attached hydrogens (tertiary/aromatic N) is 1. The summed E-state index contributed by atoms with van der Waals surface area (Å²) in [7, 11) is 1.57. The van der Waals surface area contributed by atoms with E-state index in [1.807, 2.05) is 43.3 Å². The molecule has 1 aliphatic rings. The van der Waals surface area contributed by atoms with Gasteiger partial charge < -0.3 is 29.4 Å². The Balaban J connectivity index is 1.56. The number of nitrogens with two attached hydrogens (primary N) is 1. The number of hydrogen-bond donors (Lipinski definition) is 1. The fourth-order valence-corrected chi connectivity index (χ4v) is 4.16. The summed E-state index contributed by atoms with van der Waals surface area (Å²) >= 11 is 0. The number of carbonyl (C=O) groups excluding carboxylic acids is 1. The fraction of sp³-hybridized carbons (Fsp3) is 0.267. The first-order chi connectivity index (χ1) is 18.4. The van der Waals surface area contributed by atoms with Crippen molar-refractivity contribution in [3.05, 3.63) is 88.8 Å². The summed E-state index contributed by atoms with van der Waals surface area (Å²) in [5.41, 5.74) is 8.92. The summed E-state index contributed by atoms with van der Waals surface area (Å²) in [6.07, 6.45) is 1.95. The molecule has 0 saturated heterocycles. The summed E-state index contributed by atoms with van der Waals surface area (Å²) in [6, 6.07) is 20.1. The zero-order valence-corrected chi connectivity index (χ0v) is 21.7. The van der Waals surface area contributed by atoms with Crippen molar-refractivity contribution in [2.45, 2.75) is 32.6 Å². The van der Waals surface area contributed by atoms with E-state index < -0.39 is 11.9 Å². The van der Waals surface area contributed by atoms with Crippen LogP contribution in [0.4, 0.5) is 0 Å². The zero-order valence-electron chi connectivity index (χ0n) is 21.7. The highest BCUT2D eigenvalue weighted by Gasteiger charge is 2.31. The molecule has 0 aliphatic carbocycles. The molecule has 4 rings (SSSR count). The lowest BCUT2D eigenvalue weighted by Crippen LogP contribution is -2.22. The Labute approximate surface area is 222 Å². The maximum absolute atomic E-state index is 12.4. The van der Waals surface area contributed by atoms with Gasteiger partial charge in [-0.25, -0.2) is 4.79 Å². The van der Waals surface area contributed by atoms with E-state index in [4.69, 9.17) is 29.4 Å². The van der Waals surface area contributed by atoms with Gasteiger partial charge in [-0.1, -0.05) is 37.6 Å². The minimum Gasteiger partial charge on any atom is -0.493 e. The van der Waals surface area contributed by atoms with Crippen molar-refractivity contribution in [3.8, 4) is 34.8 Å². The molecule has 8 nitrogen and oxygen atoms in total. The smallest absolute Gasteiger partial charge is 0.349 e. The minimum absolute atomic E-state index is 0.0153. The fourth-order valence-electron chi connectivity index (χ4n) is 4.16. The molecular formula is C30H30N2O6. The Morgan fingerprint density at radius 2 is 1.89 bits per heavy atom. The van der Waals surface area contributed by atoms with Gasteiger partial charge in [0.25, 0.3) is 0 Å². The predicted molar refractivity (Wildman–Crippen MR) is 141 cm³/mol. The van der Waals surface area contributed by atoms with Gasteiger partial charge in [0.1, 0.15) is 28.9 Å². The number of allylic oxidation sites excluding steroid dienone is 1. The first-order valence-corrected chi connectivity index (χ1v) is 12.4. The number of nitriles is 1. The number of methoxy groups -OCH3 is 1. The van der Waals surface area contributed by atoms with Gasteiger partial charge in [-0.2, -0.15) is 5.26 Å². The van der Waals surface area contributed by atoms with Gasteiger partial charge in [0.05, 0.1) is 19.6 Å². The average Bonchev–Trinajstić information content (AvgIpc) is 2.91. The van der Waals surface area contributed by atoms with Crippen molar-refractivity contribution in [1.82, 2.24) is 0 Å². The summed E-state index contributed by atoms with van der Waals surface area (Å²) in [4.78, 5) is 12.4. The van der Waals surface area contributed by atoms with Crippen LogP contribution in [0.25, 0.3) is 0 Å². The van der Waals surface area contributed by atoms with Crippen molar-refractivity contribution < 1.29 is 28.5 Å². The maximum atomic E-state index is 12.4. The number of aryl methyl sites for hydroxylation is 1. The molecule has 196 valence electrons. The average molecular weight is 515 g/mol. The van der Waals surface area contributed by atoms with E-state index in [2.05, 4.69) is 13.0 Å². The molecule has 0 bridgehead atoms. The molecule has 0 amide bonds. The van der Waals surface area contributed by atoms with E-state index in [9.17, 15) is 10.1 Å². The van der Waals surface area contributed by atoms with E-state index in [1.165, 1.54) is 0 Å². The monoisotopic (exact) mass is 514 g/mol. The SMILES string of the molecule is CCCCOc1ccc(C2C(C#N)=C(N)Oc3cc(OC(=O)COc4cccc(C)c4)ccc32)cc1OC. The standard InChI is InChI=1S/C30H30N2O6/c1-4-5-13-35-25-12-9-20(15-27(25)34-3)29-23-11-10-22(16-26(23)38-30(32)24(29)17-31)37-28(33)18-36-21-8-6-7-19(2)14-21/h6-12,14-16,29H,4-5,13,18,32H2,1-3H3. The number of rotatable bonds is 10. The molecule has 0 saturated carbocycles. The number of fused-ring (bicyclic) bond motifs is 1. The highest BCUT2D eigenvalue weighted by atomic mass is 16.6. The third-order valence-corrected chi connectivity index (χ3v) is 6.04. The van der Waals surface area contributed by atoms with E-state index in [-0.39, 0.29) is 23.8 Å². The molecule has 38 heavy (non-hydrogen) atoms. The molecule has 8 heteroatoms. The van der Waals surface area contributed by atoms with Gasteiger partial charge in [-0.05, 0) is 54.8 Å². The molecular weight excluding hydrogens is 484 g/mol. The first kappa shape index (κ1) is 26.4. The number of hydrogen-bond acceptors (Lipinski definition) is 8. The van der Waals surface area contributed by atoms with Gasteiger partial charge >= 0.3 is 5.97 Å². The van der Waals surface area contributed by atoms with E-state index >= 15 is 0 Å². The van der Waals surface area contributed by atoms with Crippen LogP contribution in [0.5, 0.6) is 28.7 Å². The number of ether oxygens (including phenoxy) is 5. The van der Waals surface area contributed by atoms with Gasteiger partial charge in [0.2, 0.25) is 5.88 Å². The van der Waals surface area contributed by atoms with Gasteiger partial charge in [0.15, 0.2) is 18.1 Å². The van der Waals surface area contributed by atoms with Crippen LogP contribution in [-0.4, -0.2) is 26.3 Å². The van der Waals surface area contributed by atoms with Crippen molar-refractivity contribution in [3.63, 3.8) is 0 Å². The molecule has 3 aromatic carbocycles. The van der Waals surface area contributed by atoms with E-state index in [0.29, 0.717) is 35.2 Å². The van der Waals surface area contributed by atoms with Crippen molar-refractivity contribution in [2.75, 3.05) is 20.3 Å². The Morgan fingerprint density at radius 1 is 1.05 bits per heavy atom. The Kier molecular flexibility index (Phi) is 8.39. The predicted octanol–water partition coefficient (Wildman–Crippen LogP) is 5.39. The lowest BCUT2D eigenvalue weighted by Gasteiger charge is -2.27. The highest BCUT2D eigenvalue weighted by Crippen LogP contribution is 2.45. The largest absolute Gasteiger partial charge is 0.493 e. The number of esters is 1. The molecule has 1 aliphatic heterocycles. The van der Waals surface area contributed by atoms with Crippen LogP contribution in [0.1, 0.15) is 42.4 Å². The summed E-state index contributed by atoms with van der Waals surface area (Å²) < 4.78 is 28.1. The van der Waals surface area contributed by atoms with Crippen molar-refractivity contribution in [2.24, 2.45) is 5.73 Å². The Bertz CT molecular complexity index is 1390. The van der Waals surface area contributed by atoms with Crippen molar-refractivity contribution in [1.29, 1.82) is 5.26 Å². The second kappa shape index (κ2) is 12.1. The van der Waals surface area contributed by atoms with Crippen LogP contribution >= 0.6 is 0 Å². The molecule has 1 unspecified atom stereocenters.